The lowest BCUT2D eigenvalue weighted by Crippen LogP contribution is -2.34. The van der Waals surface area contributed by atoms with Crippen LogP contribution in [-0.2, 0) is 19.3 Å². The molecule has 2 saturated carbocycles. The van der Waals surface area contributed by atoms with Gasteiger partial charge in [-0.3, -0.25) is 13.9 Å². The second kappa shape index (κ2) is 11.5. The van der Waals surface area contributed by atoms with Crippen molar-refractivity contribution in [2.75, 3.05) is 13.1 Å². The molecule has 3 aliphatic rings. The molecule has 41 heavy (non-hydrogen) atoms. The second-order valence-electron chi connectivity index (χ2n) is 12.8. The van der Waals surface area contributed by atoms with Crippen molar-refractivity contribution in [3.8, 4) is 0 Å². The number of halogens is 3. The van der Waals surface area contributed by atoms with Crippen LogP contribution in [0.2, 0.25) is 0 Å². The maximum atomic E-state index is 14.3. The fraction of sp³-hybridized carbons (Fsp3) is 0.677. The zero-order valence-electron chi connectivity index (χ0n) is 24.0. The second-order valence-corrected chi connectivity index (χ2v) is 14.1. The number of alkyl halides is 3. The molecule has 4 atom stereocenters. The lowest BCUT2D eigenvalue weighted by atomic mass is 9.65. The smallest absolute Gasteiger partial charge is 0.389 e. The summed E-state index contributed by atoms with van der Waals surface area (Å²) in [6.45, 7) is 6.32. The van der Waals surface area contributed by atoms with Gasteiger partial charge in [-0.15, -0.1) is 11.3 Å². The highest BCUT2D eigenvalue weighted by Crippen LogP contribution is 2.50. The van der Waals surface area contributed by atoms with E-state index in [0.29, 0.717) is 29.9 Å². The molecule has 1 saturated heterocycles. The summed E-state index contributed by atoms with van der Waals surface area (Å²) in [5.41, 5.74) is 0.450. The average molecular weight is 591 g/mol. The predicted molar refractivity (Wildman–Crippen MR) is 154 cm³/mol. The molecule has 0 amide bonds. The van der Waals surface area contributed by atoms with Gasteiger partial charge in [0.2, 0.25) is 0 Å². The lowest BCUT2D eigenvalue weighted by molar-refractivity contribution is -0.136. The number of hydrogen-bond donors (Lipinski definition) is 1. The fourth-order valence-corrected chi connectivity index (χ4v) is 8.63. The number of fused-ring (bicyclic) bond motifs is 1. The lowest BCUT2D eigenvalue weighted by Gasteiger charge is -2.41. The zero-order chi connectivity index (χ0) is 28.9. The van der Waals surface area contributed by atoms with Gasteiger partial charge in [0, 0.05) is 42.3 Å². The standard InChI is InChI=1S/C31H41F3N4O2S/c1-19-6-5-11-36(14-19)15-21-12-25(31(32,33)34)26-17-37(30(40)38(26)16-21)24-10-4-9-23(13-24)28(22-7-3-8-22)29-20(2)41-27(18-39)35-29/h12,16-17,19,22-24,28,39H,3-11,13-15,18H2,1-2H3/t19-,23?,24?,28-/m0/s1. The van der Waals surface area contributed by atoms with Crippen LogP contribution in [0, 0.1) is 24.7 Å². The summed E-state index contributed by atoms with van der Waals surface area (Å²) in [4.78, 5) is 21.9. The van der Waals surface area contributed by atoms with Crippen LogP contribution >= 0.6 is 11.3 Å². The van der Waals surface area contributed by atoms with E-state index >= 15 is 0 Å². The Morgan fingerprint density at radius 2 is 1.85 bits per heavy atom. The Bertz CT molecular complexity index is 1440. The summed E-state index contributed by atoms with van der Waals surface area (Å²) in [6.07, 6.45) is 7.72. The van der Waals surface area contributed by atoms with Crippen LogP contribution in [0.15, 0.2) is 23.3 Å². The van der Waals surface area contributed by atoms with Crippen LogP contribution < -0.4 is 5.69 Å². The Morgan fingerprint density at radius 1 is 1.10 bits per heavy atom. The first-order valence-electron chi connectivity index (χ1n) is 15.2. The highest BCUT2D eigenvalue weighted by atomic mass is 32.1. The molecule has 0 spiro atoms. The van der Waals surface area contributed by atoms with Gasteiger partial charge in [-0.1, -0.05) is 19.8 Å². The van der Waals surface area contributed by atoms with E-state index in [9.17, 15) is 23.1 Å². The number of piperidine rings is 1. The van der Waals surface area contributed by atoms with Gasteiger partial charge in [0.25, 0.3) is 0 Å². The van der Waals surface area contributed by atoms with Gasteiger partial charge in [-0.2, -0.15) is 13.2 Å². The molecular weight excluding hydrogens is 549 g/mol. The Kier molecular flexibility index (Phi) is 8.11. The van der Waals surface area contributed by atoms with Crippen molar-refractivity contribution in [3.05, 3.63) is 55.6 Å². The molecule has 1 N–H and O–H groups in total. The van der Waals surface area contributed by atoms with E-state index < -0.39 is 11.7 Å². The minimum atomic E-state index is -4.55. The molecule has 0 aromatic carbocycles. The Morgan fingerprint density at radius 3 is 2.51 bits per heavy atom. The van der Waals surface area contributed by atoms with E-state index in [0.717, 1.165) is 80.0 Å². The maximum Gasteiger partial charge on any atom is 0.418 e. The van der Waals surface area contributed by atoms with Crippen molar-refractivity contribution in [2.45, 2.75) is 103 Å². The third kappa shape index (κ3) is 5.76. The largest absolute Gasteiger partial charge is 0.418 e. The van der Waals surface area contributed by atoms with Gasteiger partial charge in [0.1, 0.15) is 5.01 Å². The van der Waals surface area contributed by atoms with E-state index in [1.54, 1.807) is 22.1 Å². The minimum Gasteiger partial charge on any atom is -0.389 e. The number of rotatable bonds is 7. The van der Waals surface area contributed by atoms with E-state index in [-0.39, 0.29) is 29.8 Å². The van der Waals surface area contributed by atoms with Crippen LogP contribution in [0.25, 0.3) is 5.52 Å². The van der Waals surface area contributed by atoms with Crippen molar-refractivity contribution < 1.29 is 18.3 Å². The summed E-state index contributed by atoms with van der Waals surface area (Å²) >= 11 is 1.55. The molecule has 0 bridgehead atoms. The van der Waals surface area contributed by atoms with Gasteiger partial charge in [0.15, 0.2) is 0 Å². The third-order valence-electron chi connectivity index (χ3n) is 9.88. The van der Waals surface area contributed by atoms with E-state index in [1.807, 2.05) is 0 Å². The number of aryl methyl sites for hydroxylation is 1. The first-order valence-corrected chi connectivity index (χ1v) is 16.1. The number of nitrogens with zero attached hydrogens (tertiary/aromatic N) is 4. The van der Waals surface area contributed by atoms with Gasteiger partial charge in [-0.05, 0) is 87.8 Å². The SMILES string of the molecule is Cc1sc(CO)nc1[C@@H](C1CCC1)C1CCCC(n2cc3c(C(F)(F)F)cc(CN4CCC[C@H](C)C4)cn3c2=O)C1. The number of aliphatic hydroxyl groups excluding tert-OH is 1. The van der Waals surface area contributed by atoms with Crippen LogP contribution in [0.5, 0.6) is 0 Å². The number of pyridine rings is 1. The molecule has 10 heteroatoms. The Labute approximate surface area is 243 Å². The van der Waals surface area contributed by atoms with Crippen molar-refractivity contribution in [1.29, 1.82) is 0 Å². The normalized spacial score (nSPS) is 25.5. The van der Waals surface area contributed by atoms with Crippen LogP contribution in [0.3, 0.4) is 0 Å². The first kappa shape index (κ1) is 28.9. The number of aliphatic hydroxyl groups is 1. The first-order chi connectivity index (χ1) is 19.6. The number of hydrogen-bond acceptors (Lipinski definition) is 5. The molecule has 6 rings (SSSR count). The molecule has 3 fully saturated rings. The van der Waals surface area contributed by atoms with Crippen molar-refractivity contribution in [2.24, 2.45) is 17.8 Å². The van der Waals surface area contributed by atoms with Gasteiger partial charge in [0.05, 0.1) is 23.4 Å². The third-order valence-corrected chi connectivity index (χ3v) is 10.8. The summed E-state index contributed by atoms with van der Waals surface area (Å²) in [5.74, 6) is 1.62. The highest BCUT2D eigenvalue weighted by molar-refractivity contribution is 7.11. The zero-order valence-corrected chi connectivity index (χ0v) is 24.8. The molecule has 2 unspecified atom stereocenters. The maximum absolute atomic E-state index is 14.3. The summed E-state index contributed by atoms with van der Waals surface area (Å²) < 4.78 is 45.8. The highest BCUT2D eigenvalue weighted by Gasteiger charge is 2.40. The van der Waals surface area contributed by atoms with Crippen molar-refractivity contribution >= 4 is 16.9 Å². The fourth-order valence-electron chi connectivity index (χ4n) is 7.78. The molecule has 2 aliphatic carbocycles. The van der Waals surface area contributed by atoms with E-state index in [2.05, 4.69) is 18.7 Å². The van der Waals surface area contributed by atoms with Crippen LogP contribution in [-0.4, -0.2) is 37.0 Å². The quantitative estimate of drug-likeness (QED) is 0.324. The summed E-state index contributed by atoms with van der Waals surface area (Å²) in [6, 6.07) is 1.10. The average Bonchev–Trinajstić information content (AvgIpc) is 3.44. The summed E-state index contributed by atoms with van der Waals surface area (Å²) in [5, 5.41) is 10.4. The topological polar surface area (TPSA) is 62.8 Å². The van der Waals surface area contributed by atoms with Crippen LogP contribution in [0.4, 0.5) is 13.2 Å². The van der Waals surface area contributed by atoms with Gasteiger partial charge >= 0.3 is 11.9 Å². The Balaban J connectivity index is 1.33. The molecule has 224 valence electrons. The monoisotopic (exact) mass is 590 g/mol. The molecule has 0 radical (unpaired) electrons. The van der Waals surface area contributed by atoms with Gasteiger partial charge < -0.3 is 5.11 Å². The van der Waals surface area contributed by atoms with Gasteiger partial charge in [-0.25, -0.2) is 9.78 Å². The molecule has 4 heterocycles. The summed E-state index contributed by atoms with van der Waals surface area (Å²) in [7, 11) is 0. The van der Waals surface area contributed by atoms with Crippen molar-refractivity contribution in [1.82, 2.24) is 18.9 Å². The minimum absolute atomic E-state index is 0.0566. The number of aromatic nitrogens is 3. The number of likely N-dealkylation sites (tertiary alicyclic amines) is 1. The number of imidazole rings is 1. The molecule has 3 aromatic rings. The molecular formula is C31H41F3N4O2S. The Hall–Kier alpha value is -2.17. The van der Waals surface area contributed by atoms with E-state index in [1.165, 1.54) is 23.1 Å². The number of thiazole rings is 1. The molecule has 6 nitrogen and oxygen atoms in total. The molecule has 1 aliphatic heterocycles. The predicted octanol–water partition coefficient (Wildman–Crippen LogP) is 6.92. The van der Waals surface area contributed by atoms with Crippen molar-refractivity contribution in [3.63, 3.8) is 0 Å². The van der Waals surface area contributed by atoms with E-state index in [4.69, 9.17) is 4.98 Å². The van der Waals surface area contributed by atoms with Crippen LogP contribution in [0.1, 0.15) is 103 Å². The molecule has 3 aromatic heterocycles.